The molecule has 2 N–H and O–H groups in total. The minimum absolute atomic E-state index is 0.0115. The number of aliphatic hydroxyl groups is 1. The summed E-state index contributed by atoms with van der Waals surface area (Å²) in [4.78, 5) is 48.4. The maximum Gasteiger partial charge on any atom is 0.472 e. The van der Waals surface area contributed by atoms with E-state index in [1.807, 2.05) is 42.5 Å². The van der Waals surface area contributed by atoms with Crippen LogP contribution in [-0.2, 0) is 42.2 Å². The lowest BCUT2D eigenvalue weighted by atomic mass is 10.2. The SMILES string of the molecule is CC/C=C\C/C=C\C/C=C\C/C=C\C/C=C\C/C=C\CCC(=O)OC(COC(=O)CC/C=C\C/C=C\C/C=C\C/C=C\CC)COP(=O)(O)OCC(CO)OC(=O)CCC/C=C\C/C=C\C/C=C\C/C=C\C/C=C\CC. The van der Waals surface area contributed by atoms with Gasteiger partial charge in [0.1, 0.15) is 12.7 Å². The molecule has 0 fully saturated rings. The Morgan fingerprint density at radius 1 is 0.368 bits per heavy atom. The van der Waals surface area contributed by atoms with E-state index in [0.29, 0.717) is 32.1 Å². The first-order valence-electron chi connectivity index (χ1n) is 27.7. The van der Waals surface area contributed by atoms with Gasteiger partial charge in [-0.2, -0.15) is 0 Å². The highest BCUT2D eigenvalue weighted by Crippen LogP contribution is 2.43. The van der Waals surface area contributed by atoms with Gasteiger partial charge in [-0.15, -0.1) is 0 Å². The van der Waals surface area contributed by atoms with Crippen molar-refractivity contribution in [3.63, 3.8) is 0 Å². The summed E-state index contributed by atoms with van der Waals surface area (Å²) in [6.07, 6.45) is 76.1. The molecule has 422 valence electrons. The van der Waals surface area contributed by atoms with Crippen LogP contribution in [0.1, 0.15) is 162 Å². The van der Waals surface area contributed by atoms with Crippen molar-refractivity contribution in [2.75, 3.05) is 26.4 Å². The van der Waals surface area contributed by atoms with Crippen molar-refractivity contribution in [2.24, 2.45) is 0 Å². The van der Waals surface area contributed by atoms with Crippen LogP contribution in [0.3, 0.4) is 0 Å². The molecule has 0 saturated carbocycles. The van der Waals surface area contributed by atoms with Gasteiger partial charge in [0, 0.05) is 19.3 Å². The molecule has 0 radical (unpaired) electrons. The van der Waals surface area contributed by atoms with Crippen LogP contribution in [0.4, 0.5) is 0 Å². The second-order valence-corrected chi connectivity index (χ2v) is 18.7. The number of rotatable bonds is 48. The fourth-order valence-electron chi connectivity index (χ4n) is 6.25. The monoisotopic (exact) mass is 1070 g/mol. The Kier molecular flexibility index (Phi) is 51.8. The number of allylic oxidation sites excluding steroid dienone is 30. The molecule has 0 spiro atoms. The largest absolute Gasteiger partial charge is 0.472 e. The number of hydrogen-bond donors (Lipinski definition) is 2. The quantitative estimate of drug-likeness (QED) is 0.0197. The molecular weight excluding hydrogens is 976 g/mol. The molecule has 0 aromatic carbocycles. The van der Waals surface area contributed by atoms with Gasteiger partial charge in [0.25, 0.3) is 0 Å². The summed E-state index contributed by atoms with van der Waals surface area (Å²) >= 11 is 0. The van der Waals surface area contributed by atoms with Crippen molar-refractivity contribution in [1.29, 1.82) is 0 Å². The van der Waals surface area contributed by atoms with Crippen LogP contribution in [0.2, 0.25) is 0 Å². The second kappa shape index (κ2) is 55.8. The maximum absolute atomic E-state index is 12.9. The Labute approximate surface area is 459 Å². The van der Waals surface area contributed by atoms with Crippen LogP contribution in [0.15, 0.2) is 182 Å². The third-order valence-corrected chi connectivity index (χ3v) is 11.3. The van der Waals surface area contributed by atoms with Crippen molar-refractivity contribution in [3.8, 4) is 0 Å². The van der Waals surface area contributed by atoms with Gasteiger partial charge >= 0.3 is 25.7 Å². The molecule has 0 heterocycles. The summed E-state index contributed by atoms with van der Waals surface area (Å²) in [6.45, 7) is 4.02. The Morgan fingerprint density at radius 3 is 0.987 bits per heavy atom. The van der Waals surface area contributed by atoms with E-state index in [9.17, 15) is 28.9 Å². The second-order valence-electron chi connectivity index (χ2n) is 17.2. The predicted octanol–water partition coefficient (Wildman–Crippen LogP) is 16.5. The van der Waals surface area contributed by atoms with Gasteiger partial charge in [-0.3, -0.25) is 23.4 Å². The van der Waals surface area contributed by atoms with Crippen molar-refractivity contribution in [1.82, 2.24) is 0 Å². The summed E-state index contributed by atoms with van der Waals surface area (Å²) in [6, 6.07) is 0. The summed E-state index contributed by atoms with van der Waals surface area (Å²) in [5.41, 5.74) is 0. The molecule has 76 heavy (non-hydrogen) atoms. The number of phosphoric ester groups is 1. The first kappa shape index (κ1) is 70.6. The van der Waals surface area contributed by atoms with Crippen LogP contribution in [0, 0.1) is 0 Å². The number of carbonyl (C=O) groups excluding carboxylic acids is 3. The van der Waals surface area contributed by atoms with Crippen molar-refractivity contribution in [2.45, 2.75) is 174 Å². The minimum atomic E-state index is -4.81. The number of phosphoric acid groups is 1. The van der Waals surface area contributed by atoms with Gasteiger partial charge in [0.2, 0.25) is 0 Å². The zero-order valence-corrected chi connectivity index (χ0v) is 47.3. The van der Waals surface area contributed by atoms with Crippen LogP contribution in [0.25, 0.3) is 0 Å². The molecule has 0 amide bonds. The molecule has 3 atom stereocenters. The third kappa shape index (κ3) is 53.4. The van der Waals surface area contributed by atoms with Crippen molar-refractivity contribution < 1.29 is 52.2 Å². The standard InChI is InChI=1S/C64H95O11P/c1-4-7-10-13-16-19-22-25-27-29-30-32-34-37-40-43-46-49-52-55-64(68)75-61(57-71-62(66)53-50-47-44-41-38-35-24-21-18-15-12-9-6-3)59-73-76(69,70)72-58-60(56-65)74-63(67)54-51-48-45-42-39-36-33-31-28-26-23-20-17-14-11-8-5-2/h7-12,16-21,25-28,30,32-33,35-38,40,42,44-47,49,60-61,65H,4-6,13-15,22-24,29,31,34,39,41,43,48,50-59H2,1-3H3,(H,69,70)/b10-7-,11-8-,12-9-,19-16-,20-17-,21-18-,27-25-,28-26-,32-30-,36-33-,38-35-,40-37-,45-42-,47-44-,49-46-. The first-order chi connectivity index (χ1) is 37.2. The van der Waals surface area contributed by atoms with Crippen LogP contribution in [-0.4, -0.2) is 66.5 Å². The van der Waals surface area contributed by atoms with E-state index >= 15 is 0 Å². The summed E-state index contributed by atoms with van der Waals surface area (Å²) in [5.74, 6) is -1.76. The lowest BCUT2D eigenvalue weighted by Crippen LogP contribution is -2.30. The van der Waals surface area contributed by atoms with E-state index in [0.717, 1.165) is 89.9 Å². The van der Waals surface area contributed by atoms with Gasteiger partial charge in [-0.25, -0.2) is 4.57 Å². The van der Waals surface area contributed by atoms with Crippen LogP contribution < -0.4 is 0 Å². The molecule has 0 rings (SSSR count). The van der Waals surface area contributed by atoms with E-state index in [1.165, 1.54) is 0 Å². The molecule has 0 aliphatic heterocycles. The highest BCUT2D eigenvalue weighted by molar-refractivity contribution is 7.47. The zero-order valence-electron chi connectivity index (χ0n) is 46.4. The summed E-state index contributed by atoms with van der Waals surface area (Å²) in [5, 5.41) is 9.80. The molecule has 0 saturated heterocycles. The van der Waals surface area contributed by atoms with Gasteiger partial charge in [-0.05, 0) is 122 Å². The first-order valence-corrected chi connectivity index (χ1v) is 29.2. The van der Waals surface area contributed by atoms with Crippen molar-refractivity contribution in [3.05, 3.63) is 182 Å². The Bertz CT molecular complexity index is 1970. The number of carbonyl (C=O) groups is 3. The normalized spacial score (nSPS) is 14.8. The van der Waals surface area contributed by atoms with E-state index in [4.69, 9.17) is 23.3 Å². The Morgan fingerprint density at radius 2 is 0.645 bits per heavy atom. The Hall–Kier alpha value is -5.42. The molecule has 0 aromatic heterocycles. The third-order valence-electron chi connectivity index (χ3n) is 10.3. The smallest absolute Gasteiger partial charge is 0.462 e. The Balaban J connectivity index is 4.99. The lowest BCUT2D eigenvalue weighted by Gasteiger charge is -2.21. The number of ether oxygens (including phenoxy) is 3. The number of hydrogen-bond acceptors (Lipinski definition) is 10. The van der Waals surface area contributed by atoms with Gasteiger partial charge in [0.15, 0.2) is 6.10 Å². The fraction of sp³-hybridized carbons (Fsp3) is 0.484. The molecule has 3 unspecified atom stereocenters. The van der Waals surface area contributed by atoms with Crippen LogP contribution >= 0.6 is 7.82 Å². The number of aliphatic hydroxyl groups excluding tert-OH is 1. The van der Waals surface area contributed by atoms with Crippen molar-refractivity contribution >= 4 is 25.7 Å². The topological polar surface area (TPSA) is 155 Å². The number of unbranched alkanes of at least 4 members (excludes halogenated alkanes) is 1. The van der Waals surface area contributed by atoms with Gasteiger partial charge in [-0.1, -0.05) is 203 Å². The van der Waals surface area contributed by atoms with E-state index in [1.54, 1.807) is 0 Å². The molecule has 11 nitrogen and oxygen atoms in total. The van der Waals surface area contributed by atoms with E-state index in [-0.39, 0.29) is 19.3 Å². The summed E-state index contributed by atoms with van der Waals surface area (Å²) in [7, 11) is -4.81. The van der Waals surface area contributed by atoms with Gasteiger partial charge in [0.05, 0.1) is 19.8 Å². The van der Waals surface area contributed by atoms with E-state index < -0.39 is 64.4 Å². The number of esters is 3. The molecule has 0 aliphatic carbocycles. The average molecular weight is 1070 g/mol. The summed E-state index contributed by atoms with van der Waals surface area (Å²) < 4.78 is 39.2. The zero-order chi connectivity index (χ0) is 55.5. The fourth-order valence-corrected chi connectivity index (χ4v) is 7.04. The predicted molar refractivity (Wildman–Crippen MR) is 315 cm³/mol. The highest BCUT2D eigenvalue weighted by Gasteiger charge is 2.28. The molecule has 0 aromatic rings. The highest BCUT2D eigenvalue weighted by atomic mass is 31.2. The molecular formula is C64H95O11P. The average Bonchev–Trinajstić information content (AvgIpc) is 3.41. The minimum Gasteiger partial charge on any atom is -0.462 e. The van der Waals surface area contributed by atoms with Crippen LogP contribution in [0.5, 0.6) is 0 Å². The molecule has 0 bridgehead atoms. The molecule has 0 aliphatic rings. The lowest BCUT2D eigenvalue weighted by molar-refractivity contribution is -0.161. The van der Waals surface area contributed by atoms with Gasteiger partial charge < -0.3 is 24.2 Å². The maximum atomic E-state index is 12.9. The molecule has 12 heteroatoms. The van der Waals surface area contributed by atoms with E-state index in [2.05, 4.69) is 161 Å².